The fraction of sp³-hybridized carbons (Fsp3) is 0.0182. The molecule has 5 heteroatoms. The molecule has 0 aliphatic heterocycles. The van der Waals surface area contributed by atoms with Crippen LogP contribution in [-0.2, 0) is 0 Å². The standard InChI is InChI=1S/C55H34N3PSe/c60-59(40-15-2-1-3-16-40,54-46-20-10-8-18-43(46)44-19-9-11-21-47(44)54)41-28-39-23-22-37(30-50(39)56-33-41)38-25-27-49-52(32-38)58-51-31-36-14-5-4-13-35(36)29-48(51)45-26-24-34-12-6-7-17-42(34)53(45)55(58)57-49/h1-33,54H. The number of hydrogen-bond donors (Lipinski definition) is 0. The molecule has 0 radical (unpaired) electrons. The van der Waals surface area contributed by atoms with Gasteiger partial charge < -0.3 is 0 Å². The number of fused-ring (bicyclic) bond motifs is 15. The number of rotatable bonds is 4. The van der Waals surface area contributed by atoms with Crippen LogP contribution in [0.5, 0.6) is 0 Å². The Hall–Kier alpha value is -6.67. The molecule has 12 aromatic rings. The maximum absolute atomic E-state index is 5.38. The number of aromatic nitrogens is 3. The van der Waals surface area contributed by atoms with Crippen LogP contribution in [0.3, 0.4) is 0 Å². The summed E-state index contributed by atoms with van der Waals surface area (Å²) in [5, 5.41) is 12.3. The number of imidazole rings is 1. The number of benzene rings is 9. The minimum absolute atomic E-state index is 0.187. The first kappa shape index (κ1) is 34.2. The first-order chi connectivity index (χ1) is 29.6. The van der Waals surface area contributed by atoms with E-state index in [2.05, 4.69) is 220 Å². The van der Waals surface area contributed by atoms with E-state index in [1.807, 2.05) is 0 Å². The van der Waals surface area contributed by atoms with Gasteiger partial charge in [-0.15, -0.1) is 0 Å². The zero-order valence-electron chi connectivity index (χ0n) is 32.3. The second-order valence-corrected chi connectivity index (χ2v) is 22.6. The first-order valence-electron chi connectivity index (χ1n) is 20.4. The third-order valence-corrected chi connectivity index (χ3v) is 20.2. The Kier molecular flexibility index (Phi) is 7.36. The fourth-order valence-electron chi connectivity index (χ4n) is 10.1. The average molecular weight is 847 g/mol. The summed E-state index contributed by atoms with van der Waals surface area (Å²) in [4.78, 5) is 10.6. The van der Waals surface area contributed by atoms with Gasteiger partial charge >= 0.3 is 245 Å². The summed E-state index contributed by atoms with van der Waals surface area (Å²) < 4.78 is 2.39. The van der Waals surface area contributed by atoms with Crippen LogP contribution in [0.25, 0.3) is 93.1 Å². The Morgan fingerprint density at radius 2 is 1.10 bits per heavy atom. The molecule has 1 aliphatic rings. The van der Waals surface area contributed by atoms with E-state index in [0.717, 1.165) is 44.2 Å². The van der Waals surface area contributed by atoms with Crippen LogP contribution >= 0.6 is 5.51 Å². The van der Waals surface area contributed by atoms with Crippen molar-refractivity contribution in [3.05, 3.63) is 211 Å². The fourth-order valence-corrected chi connectivity index (χ4v) is 16.2. The average Bonchev–Trinajstić information content (AvgIpc) is 3.87. The van der Waals surface area contributed by atoms with Crippen molar-refractivity contribution in [1.29, 1.82) is 0 Å². The van der Waals surface area contributed by atoms with Crippen LogP contribution in [0.2, 0.25) is 0 Å². The molecule has 0 amide bonds. The van der Waals surface area contributed by atoms with Crippen molar-refractivity contribution < 1.29 is 0 Å². The van der Waals surface area contributed by atoms with E-state index in [0.29, 0.717) is 0 Å². The van der Waals surface area contributed by atoms with E-state index in [1.54, 1.807) is 0 Å². The molecule has 1 unspecified atom stereocenters. The van der Waals surface area contributed by atoms with E-state index >= 15 is 0 Å². The molecule has 0 N–H and O–H groups in total. The Balaban J connectivity index is 0.990. The molecular formula is C55H34N3PSe. The summed E-state index contributed by atoms with van der Waals surface area (Å²) in [6, 6.07) is 71.4. The minimum atomic E-state index is -2.17. The molecule has 280 valence electrons. The topological polar surface area (TPSA) is 30.2 Å². The second-order valence-electron chi connectivity index (χ2n) is 16.1. The molecule has 60 heavy (non-hydrogen) atoms. The summed E-state index contributed by atoms with van der Waals surface area (Å²) in [6.45, 7) is 0. The summed E-state index contributed by atoms with van der Waals surface area (Å²) in [6.07, 6.45) is 2.15. The van der Waals surface area contributed by atoms with Crippen LogP contribution in [0.15, 0.2) is 200 Å². The van der Waals surface area contributed by atoms with Crippen molar-refractivity contribution in [3.63, 3.8) is 0 Å². The van der Waals surface area contributed by atoms with Gasteiger partial charge in [0.2, 0.25) is 0 Å². The Morgan fingerprint density at radius 1 is 0.450 bits per heavy atom. The molecule has 3 heterocycles. The monoisotopic (exact) mass is 847 g/mol. The summed E-state index contributed by atoms with van der Waals surface area (Å²) >= 11 is 3.88. The molecule has 1 aliphatic carbocycles. The number of pyridine rings is 2. The molecular weight excluding hydrogens is 813 g/mol. The molecule has 13 rings (SSSR count). The van der Waals surface area contributed by atoms with Gasteiger partial charge in [0, 0.05) is 10.8 Å². The summed E-state index contributed by atoms with van der Waals surface area (Å²) in [5.74, 6) is 0. The van der Waals surface area contributed by atoms with Gasteiger partial charge in [0.05, 0.1) is 0 Å². The first-order valence-corrected chi connectivity index (χ1v) is 24.5. The SMILES string of the molecule is [Se]=P(c1ccccc1)(c1cnc2cc(-c3ccc4nc5c6c7ccccc7ccc6c6cc7ccccc7cc6n5c4c3)ccc2c1)C1c2ccccc2-c2ccccc21. The predicted molar refractivity (Wildman–Crippen MR) is 256 cm³/mol. The van der Waals surface area contributed by atoms with E-state index in [4.69, 9.17) is 9.97 Å². The van der Waals surface area contributed by atoms with Crippen LogP contribution in [0.4, 0.5) is 0 Å². The van der Waals surface area contributed by atoms with Crippen molar-refractivity contribution in [3.8, 4) is 22.3 Å². The van der Waals surface area contributed by atoms with E-state index in [1.165, 1.54) is 70.6 Å². The summed E-state index contributed by atoms with van der Waals surface area (Å²) in [5.41, 5.74) is 10.9. The molecule has 0 fully saturated rings. The van der Waals surface area contributed by atoms with Gasteiger partial charge in [-0.25, -0.2) is 0 Å². The van der Waals surface area contributed by atoms with Gasteiger partial charge in [0.25, 0.3) is 0 Å². The van der Waals surface area contributed by atoms with E-state index in [9.17, 15) is 0 Å². The molecule has 0 saturated carbocycles. The van der Waals surface area contributed by atoms with Crippen LogP contribution < -0.4 is 10.6 Å². The van der Waals surface area contributed by atoms with E-state index < -0.39 is 5.51 Å². The van der Waals surface area contributed by atoms with Crippen molar-refractivity contribution >= 4 is 102 Å². The third kappa shape index (κ3) is 4.87. The van der Waals surface area contributed by atoms with Gasteiger partial charge in [-0.2, -0.15) is 0 Å². The molecule has 3 aromatic heterocycles. The van der Waals surface area contributed by atoms with Gasteiger partial charge in [0.1, 0.15) is 0 Å². The second kappa shape index (κ2) is 12.9. The van der Waals surface area contributed by atoms with Gasteiger partial charge in [-0.3, -0.25) is 0 Å². The number of hydrogen-bond acceptors (Lipinski definition) is 2. The zero-order valence-corrected chi connectivity index (χ0v) is 34.9. The summed E-state index contributed by atoms with van der Waals surface area (Å²) in [7, 11) is 0. The molecule has 0 spiro atoms. The van der Waals surface area contributed by atoms with Crippen molar-refractivity contribution in [1.82, 2.24) is 14.4 Å². The molecule has 0 saturated heterocycles. The predicted octanol–water partition coefficient (Wildman–Crippen LogP) is 13.1. The Morgan fingerprint density at radius 3 is 1.90 bits per heavy atom. The zero-order chi connectivity index (χ0) is 39.5. The van der Waals surface area contributed by atoms with E-state index in [-0.39, 0.29) is 5.66 Å². The van der Waals surface area contributed by atoms with Crippen molar-refractivity contribution in [2.75, 3.05) is 0 Å². The van der Waals surface area contributed by atoms with Gasteiger partial charge in [0.15, 0.2) is 0 Å². The van der Waals surface area contributed by atoms with Crippen LogP contribution in [0, 0.1) is 0 Å². The molecule has 3 nitrogen and oxygen atoms in total. The van der Waals surface area contributed by atoms with Gasteiger partial charge in [-0.1, -0.05) is 60.7 Å². The Bertz CT molecular complexity index is 3790. The third-order valence-electron chi connectivity index (χ3n) is 12.9. The maximum atomic E-state index is 5.38. The molecule has 9 aromatic carbocycles. The molecule has 1 atom stereocenters. The number of nitrogens with zero attached hydrogens (tertiary/aromatic N) is 3. The Labute approximate surface area is 353 Å². The van der Waals surface area contributed by atoms with Crippen molar-refractivity contribution in [2.45, 2.75) is 5.66 Å². The quantitative estimate of drug-likeness (QED) is 0.0764. The van der Waals surface area contributed by atoms with Gasteiger partial charge in [-0.05, 0) is 39.1 Å². The van der Waals surface area contributed by atoms with Crippen LogP contribution in [0.1, 0.15) is 16.8 Å². The van der Waals surface area contributed by atoms with Crippen LogP contribution in [-0.4, -0.2) is 29.5 Å². The molecule has 0 bridgehead atoms. The normalized spacial score (nSPS) is 13.8. The van der Waals surface area contributed by atoms with Crippen molar-refractivity contribution in [2.24, 2.45) is 0 Å².